The molecule has 0 saturated carbocycles. The number of allylic oxidation sites excluding steroid dienone is 3. The Morgan fingerprint density at radius 2 is 1.89 bits per heavy atom. The van der Waals surface area contributed by atoms with Crippen LogP contribution < -0.4 is 5.32 Å². The molecule has 0 heterocycles. The summed E-state index contributed by atoms with van der Waals surface area (Å²) in [6.45, 7) is 6.76. The fourth-order valence-corrected chi connectivity index (χ4v) is 2.96. The number of aliphatic hydroxyl groups is 1. The number of amides is 1. The highest BCUT2D eigenvalue weighted by atomic mass is 16.4. The van der Waals surface area contributed by atoms with Crippen LogP contribution in [-0.4, -0.2) is 50.6 Å². The van der Waals surface area contributed by atoms with Crippen molar-refractivity contribution in [2.24, 2.45) is 5.41 Å². The van der Waals surface area contributed by atoms with E-state index in [1.54, 1.807) is 27.7 Å². The van der Waals surface area contributed by atoms with Crippen molar-refractivity contribution in [3.8, 4) is 0 Å². The van der Waals surface area contributed by atoms with E-state index >= 15 is 0 Å². The number of carboxylic acid groups (broad SMARTS) is 2. The number of hydrogen-bond acceptors (Lipinski definition) is 5. The van der Waals surface area contributed by atoms with Crippen LogP contribution in [0.2, 0.25) is 0 Å². The van der Waals surface area contributed by atoms with Gasteiger partial charge >= 0.3 is 11.9 Å². The molecule has 0 radical (unpaired) electrons. The van der Waals surface area contributed by atoms with E-state index in [2.05, 4.69) is 5.32 Å². The quantitative estimate of drug-likeness (QED) is 0.385. The van der Waals surface area contributed by atoms with Crippen LogP contribution in [0, 0.1) is 5.41 Å². The van der Waals surface area contributed by atoms with Crippen LogP contribution in [0.3, 0.4) is 0 Å². The Labute approximate surface area is 157 Å². The Kier molecular flexibility index (Phi) is 6.86. The molecule has 0 saturated heterocycles. The van der Waals surface area contributed by atoms with Gasteiger partial charge in [-0.15, -0.1) is 0 Å². The first kappa shape index (κ1) is 22.3. The summed E-state index contributed by atoms with van der Waals surface area (Å²) in [7, 11) is 0. The Balaban J connectivity index is 2.96. The summed E-state index contributed by atoms with van der Waals surface area (Å²) < 4.78 is 0. The number of carbonyl (C=O) groups excluding carboxylic acids is 2. The van der Waals surface area contributed by atoms with Gasteiger partial charge in [-0.1, -0.05) is 19.9 Å². The number of aliphatic carboxylic acids is 2. The first-order chi connectivity index (χ1) is 12.3. The molecule has 1 rings (SSSR count). The topological polar surface area (TPSA) is 141 Å². The van der Waals surface area contributed by atoms with E-state index in [1.165, 1.54) is 18.2 Å². The van der Waals surface area contributed by atoms with E-state index in [1.807, 2.05) is 0 Å². The van der Waals surface area contributed by atoms with Gasteiger partial charge in [0, 0.05) is 17.9 Å². The number of rotatable bonds is 7. The van der Waals surface area contributed by atoms with Gasteiger partial charge in [-0.25, -0.2) is 4.79 Å². The largest absolute Gasteiger partial charge is 0.481 e. The lowest BCUT2D eigenvalue weighted by Gasteiger charge is -2.44. The average Bonchev–Trinajstić information content (AvgIpc) is 2.49. The summed E-state index contributed by atoms with van der Waals surface area (Å²) in [5, 5.41) is 30.7. The van der Waals surface area contributed by atoms with Gasteiger partial charge in [-0.05, 0) is 37.1 Å². The molecule has 148 valence electrons. The predicted octanol–water partition coefficient (Wildman–Crippen LogP) is 1.21. The highest BCUT2D eigenvalue weighted by Crippen LogP contribution is 2.44. The molecule has 0 spiro atoms. The van der Waals surface area contributed by atoms with Crippen LogP contribution in [0.25, 0.3) is 0 Å². The van der Waals surface area contributed by atoms with Gasteiger partial charge in [-0.3, -0.25) is 14.4 Å². The fraction of sp³-hybridized carbons (Fsp3) is 0.474. The monoisotopic (exact) mass is 379 g/mol. The summed E-state index contributed by atoms with van der Waals surface area (Å²) in [5.41, 5.74) is -1.21. The summed E-state index contributed by atoms with van der Waals surface area (Å²) in [6, 6.07) is -1.54. The fourth-order valence-electron chi connectivity index (χ4n) is 2.96. The third-order valence-electron chi connectivity index (χ3n) is 4.57. The third kappa shape index (κ3) is 5.62. The number of nitrogens with one attached hydrogen (secondary N) is 1. The summed E-state index contributed by atoms with van der Waals surface area (Å²) in [4.78, 5) is 45.3. The van der Waals surface area contributed by atoms with Gasteiger partial charge < -0.3 is 20.6 Å². The maximum Gasteiger partial charge on any atom is 0.326 e. The number of ketones is 1. The number of hydrogen-bond donors (Lipinski definition) is 4. The van der Waals surface area contributed by atoms with Gasteiger partial charge in [0.05, 0.1) is 6.42 Å². The first-order valence-electron chi connectivity index (χ1n) is 8.35. The van der Waals surface area contributed by atoms with Crippen molar-refractivity contribution in [3.05, 3.63) is 35.5 Å². The highest BCUT2D eigenvalue weighted by Gasteiger charge is 2.46. The zero-order valence-electron chi connectivity index (χ0n) is 15.8. The van der Waals surface area contributed by atoms with Crippen LogP contribution in [0.5, 0.6) is 0 Å². The van der Waals surface area contributed by atoms with Crippen molar-refractivity contribution >= 4 is 23.6 Å². The molecule has 0 aromatic carbocycles. The molecule has 0 bridgehead atoms. The third-order valence-corrected chi connectivity index (χ3v) is 4.57. The Bertz CT molecular complexity index is 745. The second-order valence-corrected chi connectivity index (χ2v) is 7.34. The van der Waals surface area contributed by atoms with Gasteiger partial charge in [0.15, 0.2) is 5.78 Å². The molecule has 0 fully saturated rings. The second-order valence-electron chi connectivity index (χ2n) is 7.34. The molecule has 27 heavy (non-hydrogen) atoms. The Hall–Kier alpha value is -2.74. The van der Waals surface area contributed by atoms with Crippen LogP contribution in [-0.2, 0) is 19.2 Å². The van der Waals surface area contributed by atoms with Crippen molar-refractivity contribution in [1.82, 2.24) is 5.32 Å². The van der Waals surface area contributed by atoms with Crippen molar-refractivity contribution in [3.63, 3.8) is 0 Å². The van der Waals surface area contributed by atoms with E-state index in [4.69, 9.17) is 10.2 Å². The van der Waals surface area contributed by atoms with Crippen LogP contribution in [0.1, 0.15) is 40.5 Å². The van der Waals surface area contributed by atoms with E-state index in [-0.39, 0.29) is 12.2 Å². The van der Waals surface area contributed by atoms with E-state index in [9.17, 15) is 24.3 Å². The predicted molar refractivity (Wildman–Crippen MR) is 96.8 cm³/mol. The minimum atomic E-state index is -1.54. The Morgan fingerprint density at radius 3 is 2.37 bits per heavy atom. The maximum atomic E-state index is 11.9. The molecular formula is C19H25NO7. The summed E-state index contributed by atoms with van der Waals surface area (Å²) >= 11 is 0. The maximum absolute atomic E-state index is 11.9. The molecule has 8 heteroatoms. The van der Waals surface area contributed by atoms with Gasteiger partial charge in [-0.2, -0.15) is 0 Å². The van der Waals surface area contributed by atoms with Crippen LogP contribution >= 0.6 is 0 Å². The molecule has 4 N–H and O–H groups in total. The molecule has 0 aromatic rings. The van der Waals surface area contributed by atoms with Crippen molar-refractivity contribution in [2.75, 3.05) is 0 Å². The molecule has 0 aliphatic heterocycles. The first-order valence-corrected chi connectivity index (χ1v) is 8.35. The van der Waals surface area contributed by atoms with Crippen molar-refractivity contribution in [2.45, 2.75) is 52.2 Å². The standard InChI is InChI=1S/C19H25NO7/c1-11(7-15(22)20-14(17(25)26)9-16(23)24)5-6-19(27)12(2)8-13(21)10-18(19,3)4/h5-8,14,27H,9-10H2,1-4H3,(H,20,22)(H,23,24)(H,25,26)/b6-5+,11-7-/t14-,19+/m0/s1. The van der Waals surface area contributed by atoms with Crippen molar-refractivity contribution < 1.29 is 34.5 Å². The average molecular weight is 379 g/mol. The van der Waals surface area contributed by atoms with E-state index < -0.39 is 41.3 Å². The summed E-state index contributed by atoms with van der Waals surface area (Å²) in [5.74, 6) is -3.62. The molecule has 1 aliphatic carbocycles. The van der Waals surface area contributed by atoms with Crippen LogP contribution in [0.15, 0.2) is 35.5 Å². The smallest absolute Gasteiger partial charge is 0.326 e. The van der Waals surface area contributed by atoms with Crippen molar-refractivity contribution in [1.29, 1.82) is 0 Å². The molecule has 1 aliphatic rings. The van der Waals surface area contributed by atoms with Gasteiger partial charge in [0.1, 0.15) is 11.6 Å². The van der Waals surface area contributed by atoms with Gasteiger partial charge in [0.2, 0.25) is 5.91 Å². The highest BCUT2D eigenvalue weighted by molar-refractivity contribution is 5.93. The second kappa shape index (κ2) is 8.30. The molecular weight excluding hydrogens is 354 g/mol. The van der Waals surface area contributed by atoms with Crippen LogP contribution in [0.4, 0.5) is 0 Å². The van der Waals surface area contributed by atoms with E-state index in [0.29, 0.717) is 11.1 Å². The lowest BCUT2D eigenvalue weighted by molar-refractivity contribution is -0.146. The molecule has 2 atom stereocenters. The normalized spacial score (nSPS) is 23.7. The molecule has 8 nitrogen and oxygen atoms in total. The summed E-state index contributed by atoms with van der Waals surface area (Å²) in [6.07, 6.45) is 4.93. The number of carboxylic acids is 2. The van der Waals surface area contributed by atoms with Gasteiger partial charge in [0.25, 0.3) is 0 Å². The lowest BCUT2D eigenvalue weighted by Crippen LogP contribution is -2.48. The zero-order chi connectivity index (χ0) is 21.0. The molecule has 0 aromatic heterocycles. The SMILES string of the molecule is CC1=CC(=O)CC(C)(C)[C@@]1(O)/C=C/C(C)=C\C(=O)N[C@@H](CC(=O)O)C(=O)O. The minimum absolute atomic E-state index is 0.0691. The molecule has 1 amide bonds. The number of carbonyl (C=O) groups is 4. The van der Waals surface area contributed by atoms with E-state index in [0.717, 1.165) is 6.08 Å². The minimum Gasteiger partial charge on any atom is -0.481 e. The Morgan fingerprint density at radius 1 is 1.30 bits per heavy atom. The lowest BCUT2D eigenvalue weighted by atomic mass is 9.64. The molecule has 0 unspecified atom stereocenters. The zero-order valence-corrected chi connectivity index (χ0v) is 15.8.